The van der Waals surface area contributed by atoms with E-state index in [1.807, 2.05) is 19.2 Å². The zero-order valence-corrected chi connectivity index (χ0v) is 19.4. The van der Waals surface area contributed by atoms with E-state index < -0.39 is 0 Å². The van der Waals surface area contributed by atoms with Gasteiger partial charge in [-0.15, -0.1) is 5.10 Å². The molecule has 0 saturated heterocycles. The Morgan fingerprint density at radius 1 is 1.07 bits per heavy atom. The number of tetrazole rings is 1. The van der Waals surface area contributed by atoms with Crippen LogP contribution in [-0.2, 0) is 20.2 Å². The zero-order chi connectivity index (χ0) is 21.5. The first-order valence-electron chi connectivity index (χ1n) is 8.97. The average molecular weight is 489 g/mol. The quantitative estimate of drug-likeness (QED) is 0.329. The van der Waals surface area contributed by atoms with Crippen LogP contribution in [0.3, 0.4) is 0 Å². The molecular weight excluding hydrogens is 469 g/mol. The van der Waals surface area contributed by atoms with Crippen molar-refractivity contribution in [2.24, 2.45) is 7.05 Å². The first-order valence-corrected chi connectivity index (χ1v) is 11.1. The molecule has 7 nitrogen and oxygen atoms in total. The summed E-state index contributed by atoms with van der Waals surface area (Å²) in [6, 6.07) is 8.89. The van der Waals surface area contributed by atoms with Gasteiger partial charge in [-0.2, -0.15) is 0 Å². The largest absolute Gasteiger partial charge is 0.493 e. The van der Waals surface area contributed by atoms with Crippen LogP contribution in [0.25, 0.3) is 0 Å². The Kier molecular flexibility index (Phi) is 8.47. The minimum absolute atomic E-state index is 0.272. The summed E-state index contributed by atoms with van der Waals surface area (Å²) >= 11 is 20.2. The van der Waals surface area contributed by atoms with Crippen molar-refractivity contribution >= 4 is 46.6 Å². The number of hydrogen-bond acceptors (Lipinski definition) is 7. The van der Waals surface area contributed by atoms with Gasteiger partial charge in [0.2, 0.25) is 5.16 Å². The molecule has 0 aliphatic heterocycles. The number of ether oxygens (including phenoxy) is 2. The molecule has 1 N–H and O–H groups in total. The third-order valence-corrected chi connectivity index (χ3v) is 6.09. The van der Waals surface area contributed by atoms with Crippen LogP contribution < -0.4 is 14.8 Å². The standard InChI is InChI=1S/C19H20Cl3N5O2S/c1-27-19(24-25-26-27)30-6-5-23-10-13-7-17(28-2)18(9-16(13)22)29-11-12-3-4-14(20)8-15(12)21/h3-4,7-9,23H,5-6,10-11H2,1-2H3. The zero-order valence-electron chi connectivity index (χ0n) is 16.4. The van der Waals surface area contributed by atoms with Gasteiger partial charge in [-0.1, -0.05) is 52.6 Å². The number of aromatic nitrogens is 4. The number of thioether (sulfide) groups is 1. The van der Waals surface area contributed by atoms with Crippen molar-refractivity contribution in [3.8, 4) is 11.5 Å². The van der Waals surface area contributed by atoms with Gasteiger partial charge in [0, 0.05) is 52.6 Å². The Morgan fingerprint density at radius 2 is 1.87 bits per heavy atom. The minimum Gasteiger partial charge on any atom is -0.493 e. The molecule has 0 aliphatic rings. The average Bonchev–Trinajstić information content (AvgIpc) is 3.13. The van der Waals surface area contributed by atoms with Crippen molar-refractivity contribution in [3.05, 3.63) is 56.5 Å². The van der Waals surface area contributed by atoms with Gasteiger partial charge in [0.05, 0.1) is 7.11 Å². The smallest absolute Gasteiger partial charge is 0.209 e. The highest BCUT2D eigenvalue weighted by molar-refractivity contribution is 7.99. The van der Waals surface area contributed by atoms with E-state index in [9.17, 15) is 0 Å². The van der Waals surface area contributed by atoms with E-state index >= 15 is 0 Å². The molecule has 1 heterocycles. The summed E-state index contributed by atoms with van der Waals surface area (Å²) in [6.07, 6.45) is 0. The predicted molar refractivity (Wildman–Crippen MR) is 120 cm³/mol. The molecule has 1 aromatic heterocycles. The second-order valence-electron chi connectivity index (χ2n) is 6.23. The van der Waals surface area contributed by atoms with E-state index in [0.29, 0.717) is 33.1 Å². The summed E-state index contributed by atoms with van der Waals surface area (Å²) in [7, 11) is 3.40. The summed E-state index contributed by atoms with van der Waals surface area (Å²) in [5, 5.41) is 17.2. The Balaban J connectivity index is 1.55. The summed E-state index contributed by atoms with van der Waals surface area (Å²) < 4.78 is 13.0. The lowest BCUT2D eigenvalue weighted by Crippen LogP contribution is -2.17. The third kappa shape index (κ3) is 6.15. The van der Waals surface area contributed by atoms with Crippen molar-refractivity contribution in [3.63, 3.8) is 0 Å². The molecule has 160 valence electrons. The Bertz CT molecular complexity index is 1000. The van der Waals surface area contributed by atoms with E-state index in [-0.39, 0.29) is 6.61 Å². The van der Waals surface area contributed by atoms with Crippen LogP contribution in [-0.4, -0.2) is 39.6 Å². The maximum Gasteiger partial charge on any atom is 0.209 e. The molecule has 0 bridgehead atoms. The number of methoxy groups -OCH3 is 1. The first kappa shape index (κ1) is 23.0. The maximum absolute atomic E-state index is 6.45. The maximum atomic E-state index is 6.45. The van der Waals surface area contributed by atoms with Gasteiger partial charge in [0.15, 0.2) is 11.5 Å². The van der Waals surface area contributed by atoms with Gasteiger partial charge < -0.3 is 14.8 Å². The van der Waals surface area contributed by atoms with Crippen molar-refractivity contribution < 1.29 is 9.47 Å². The molecule has 3 rings (SSSR count). The fourth-order valence-electron chi connectivity index (χ4n) is 2.56. The van der Waals surface area contributed by atoms with Crippen LogP contribution in [0.2, 0.25) is 15.1 Å². The van der Waals surface area contributed by atoms with Gasteiger partial charge in [-0.3, -0.25) is 0 Å². The monoisotopic (exact) mass is 487 g/mol. The lowest BCUT2D eigenvalue weighted by atomic mass is 10.2. The van der Waals surface area contributed by atoms with Crippen LogP contribution in [0, 0.1) is 0 Å². The topological polar surface area (TPSA) is 74.1 Å². The number of hydrogen-bond donors (Lipinski definition) is 1. The summed E-state index contributed by atoms with van der Waals surface area (Å²) in [6.45, 7) is 1.63. The molecule has 0 fully saturated rings. The number of benzene rings is 2. The molecule has 30 heavy (non-hydrogen) atoms. The molecule has 11 heteroatoms. The van der Waals surface area contributed by atoms with Crippen molar-refractivity contribution in [1.29, 1.82) is 0 Å². The highest BCUT2D eigenvalue weighted by Crippen LogP contribution is 2.34. The van der Waals surface area contributed by atoms with Gasteiger partial charge in [-0.05, 0) is 34.2 Å². The van der Waals surface area contributed by atoms with E-state index in [1.165, 1.54) is 0 Å². The molecule has 0 unspecified atom stereocenters. The van der Waals surface area contributed by atoms with Gasteiger partial charge in [0.1, 0.15) is 6.61 Å². The summed E-state index contributed by atoms with van der Waals surface area (Å²) in [5.74, 6) is 1.97. The lowest BCUT2D eigenvalue weighted by Gasteiger charge is -2.15. The van der Waals surface area contributed by atoms with Crippen LogP contribution >= 0.6 is 46.6 Å². The molecule has 0 aliphatic carbocycles. The molecule has 0 atom stereocenters. The normalized spacial score (nSPS) is 11.0. The van der Waals surface area contributed by atoms with E-state index in [0.717, 1.165) is 28.6 Å². The molecule has 0 amide bonds. The van der Waals surface area contributed by atoms with Crippen LogP contribution in [0.5, 0.6) is 11.5 Å². The first-order chi connectivity index (χ1) is 14.5. The van der Waals surface area contributed by atoms with Crippen LogP contribution in [0.15, 0.2) is 35.5 Å². The summed E-state index contributed by atoms with van der Waals surface area (Å²) in [4.78, 5) is 0. The molecule has 2 aromatic carbocycles. The number of nitrogens with one attached hydrogen (secondary N) is 1. The molecule has 0 saturated carbocycles. The predicted octanol–water partition coefficient (Wildman–Crippen LogP) is 4.64. The second kappa shape index (κ2) is 11.1. The van der Waals surface area contributed by atoms with Crippen molar-refractivity contribution in [2.75, 3.05) is 19.4 Å². The van der Waals surface area contributed by atoms with Crippen LogP contribution in [0.1, 0.15) is 11.1 Å². The van der Waals surface area contributed by atoms with E-state index in [1.54, 1.807) is 41.8 Å². The number of nitrogens with zero attached hydrogens (tertiary/aromatic N) is 4. The van der Waals surface area contributed by atoms with Gasteiger partial charge in [0.25, 0.3) is 0 Å². The Morgan fingerprint density at radius 3 is 2.57 bits per heavy atom. The fourth-order valence-corrected chi connectivity index (χ4v) is 3.99. The lowest BCUT2D eigenvalue weighted by molar-refractivity contribution is 0.284. The highest BCUT2D eigenvalue weighted by Gasteiger charge is 2.12. The molecular formula is C19H20Cl3N5O2S. The van der Waals surface area contributed by atoms with Crippen molar-refractivity contribution in [1.82, 2.24) is 25.5 Å². The fraction of sp³-hybridized carbons (Fsp3) is 0.316. The minimum atomic E-state index is 0.272. The summed E-state index contributed by atoms with van der Waals surface area (Å²) in [5.41, 5.74) is 1.73. The SMILES string of the molecule is COc1cc(CNCCSc2nnnn2C)c(Cl)cc1OCc1ccc(Cl)cc1Cl. The number of rotatable bonds is 10. The second-order valence-corrected chi connectivity index (χ2v) is 8.54. The molecule has 3 aromatic rings. The Labute approximate surface area is 194 Å². The van der Waals surface area contributed by atoms with Crippen molar-refractivity contribution in [2.45, 2.75) is 18.3 Å². The van der Waals surface area contributed by atoms with Crippen LogP contribution in [0.4, 0.5) is 0 Å². The number of aryl methyl sites for hydroxylation is 1. The molecule has 0 radical (unpaired) electrons. The van der Waals surface area contributed by atoms with E-state index in [4.69, 9.17) is 44.3 Å². The molecule has 0 spiro atoms. The highest BCUT2D eigenvalue weighted by atomic mass is 35.5. The van der Waals surface area contributed by atoms with E-state index in [2.05, 4.69) is 20.8 Å². The Hall–Kier alpha value is -1.71. The van der Waals surface area contributed by atoms with Gasteiger partial charge >= 0.3 is 0 Å². The van der Waals surface area contributed by atoms with Gasteiger partial charge in [-0.25, -0.2) is 4.68 Å². The third-order valence-electron chi connectivity index (χ3n) is 4.14. The number of halogens is 3.